The molecule has 0 bridgehead atoms. The zero-order valence-electron chi connectivity index (χ0n) is 10.2. The van der Waals surface area contributed by atoms with Crippen molar-refractivity contribution in [2.45, 2.75) is 44.4 Å². The van der Waals surface area contributed by atoms with Crippen molar-refractivity contribution >= 4 is 0 Å². The van der Waals surface area contributed by atoms with Crippen LogP contribution in [0.2, 0.25) is 0 Å². The van der Waals surface area contributed by atoms with Crippen LogP contribution in [-0.2, 0) is 6.54 Å². The second-order valence-corrected chi connectivity index (χ2v) is 5.12. The fourth-order valence-corrected chi connectivity index (χ4v) is 2.62. The maximum absolute atomic E-state index is 12.6. The van der Waals surface area contributed by atoms with Crippen molar-refractivity contribution < 1.29 is 8.78 Å². The summed E-state index contributed by atoms with van der Waals surface area (Å²) in [6, 6.07) is 1.20. The van der Waals surface area contributed by atoms with Crippen molar-refractivity contribution in [2.24, 2.45) is 0 Å². The monoisotopic (exact) mass is 256 g/mol. The van der Waals surface area contributed by atoms with Crippen LogP contribution in [0, 0.1) is 0 Å². The van der Waals surface area contributed by atoms with E-state index in [4.69, 9.17) is 0 Å². The molecule has 1 atom stereocenters. The lowest BCUT2D eigenvalue weighted by molar-refractivity contribution is 0.0665. The Hall–Kier alpha value is -1.01. The quantitative estimate of drug-likeness (QED) is 0.868. The Kier molecular flexibility index (Phi) is 3.30. The molecule has 1 saturated carbocycles. The van der Waals surface area contributed by atoms with Crippen molar-refractivity contribution in [3.63, 3.8) is 0 Å². The average molecular weight is 256 g/mol. The Balaban J connectivity index is 1.50. The molecule has 0 spiro atoms. The lowest BCUT2D eigenvalue weighted by atomic mass is 10.2. The summed E-state index contributed by atoms with van der Waals surface area (Å²) in [5, 5.41) is 3.33. The summed E-state index contributed by atoms with van der Waals surface area (Å²) in [5.41, 5.74) is 0. The summed E-state index contributed by atoms with van der Waals surface area (Å²) in [6.07, 6.45) is 6.50. The van der Waals surface area contributed by atoms with Crippen molar-refractivity contribution in [2.75, 3.05) is 13.1 Å². The van der Waals surface area contributed by atoms with Gasteiger partial charge in [-0.3, -0.25) is 9.47 Å². The van der Waals surface area contributed by atoms with Crippen LogP contribution in [0.1, 0.15) is 31.6 Å². The highest BCUT2D eigenvalue weighted by Gasteiger charge is 2.34. The Morgan fingerprint density at radius 1 is 1.39 bits per heavy atom. The number of aromatic nitrogens is 2. The molecule has 1 N–H and O–H groups in total. The number of halogens is 2. The summed E-state index contributed by atoms with van der Waals surface area (Å²) >= 11 is 0. The first-order valence-corrected chi connectivity index (χ1v) is 6.51. The minimum Gasteiger partial charge on any atom is -0.306 e. The molecular weight excluding hydrogens is 238 g/mol. The Labute approximate surface area is 105 Å². The molecule has 4 nitrogen and oxygen atoms in total. The van der Waals surface area contributed by atoms with E-state index in [1.807, 2.05) is 0 Å². The van der Waals surface area contributed by atoms with Crippen molar-refractivity contribution in [3.05, 3.63) is 18.2 Å². The van der Waals surface area contributed by atoms with Crippen LogP contribution in [0.5, 0.6) is 0 Å². The van der Waals surface area contributed by atoms with Crippen molar-refractivity contribution in [3.8, 4) is 0 Å². The third kappa shape index (κ3) is 2.54. The number of nitrogens with zero attached hydrogens (tertiary/aromatic N) is 3. The van der Waals surface area contributed by atoms with Crippen molar-refractivity contribution in [1.29, 1.82) is 0 Å². The molecule has 1 aromatic rings. The minimum atomic E-state index is -2.50. The smallest absolute Gasteiger partial charge is 0.306 e. The first kappa shape index (κ1) is 12.0. The standard InChI is InChI=1S/C12H18F2N4/c13-12(14)18-6-4-15-11(18)7-16-9-3-5-17(8-9)10-1-2-10/h4,6,9-10,12,16H,1-3,5,7-8H2. The van der Waals surface area contributed by atoms with Gasteiger partial charge in [-0.15, -0.1) is 0 Å². The number of hydrogen-bond donors (Lipinski definition) is 1. The fraction of sp³-hybridized carbons (Fsp3) is 0.750. The van der Waals surface area contributed by atoms with E-state index in [0.29, 0.717) is 18.4 Å². The second kappa shape index (κ2) is 4.93. The third-order valence-electron chi connectivity index (χ3n) is 3.79. The van der Waals surface area contributed by atoms with Gasteiger partial charge in [0, 0.05) is 37.6 Å². The van der Waals surface area contributed by atoms with Gasteiger partial charge < -0.3 is 5.32 Å². The van der Waals surface area contributed by atoms with Gasteiger partial charge in [0.1, 0.15) is 5.82 Å². The second-order valence-electron chi connectivity index (χ2n) is 5.12. The molecule has 6 heteroatoms. The van der Waals surface area contributed by atoms with Gasteiger partial charge in [0.25, 0.3) is 0 Å². The van der Waals surface area contributed by atoms with E-state index >= 15 is 0 Å². The highest BCUT2D eigenvalue weighted by Crippen LogP contribution is 2.29. The zero-order chi connectivity index (χ0) is 12.5. The van der Waals surface area contributed by atoms with Gasteiger partial charge in [-0.2, -0.15) is 8.78 Å². The van der Waals surface area contributed by atoms with Crippen LogP contribution in [0.25, 0.3) is 0 Å². The molecule has 0 aromatic carbocycles. The zero-order valence-corrected chi connectivity index (χ0v) is 10.2. The first-order chi connectivity index (χ1) is 8.74. The lowest BCUT2D eigenvalue weighted by Gasteiger charge is -2.16. The Bertz CT molecular complexity index is 403. The third-order valence-corrected chi connectivity index (χ3v) is 3.79. The summed E-state index contributed by atoms with van der Waals surface area (Å²) in [7, 11) is 0. The molecule has 0 radical (unpaired) electrons. The predicted octanol–water partition coefficient (Wildman–Crippen LogP) is 1.60. The number of nitrogens with one attached hydrogen (secondary N) is 1. The maximum Gasteiger partial charge on any atom is 0.319 e. The molecule has 2 heterocycles. The lowest BCUT2D eigenvalue weighted by Crippen LogP contribution is -2.33. The topological polar surface area (TPSA) is 33.1 Å². The van der Waals surface area contributed by atoms with Gasteiger partial charge in [0.05, 0.1) is 6.54 Å². The minimum absolute atomic E-state index is 0.411. The van der Waals surface area contributed by atoms with Gasteiger partial charge in [-0.25, -0.2) is 4.98 Å². The molecule has 2 fully saturated rings. The molecule has 1 aromatic heterocycles. The summed E-state index contributed by atoms with van der Waals surface area (Å²) < 4.78 is 26.2. The summed E-state index contributed by atoms with van der Waals surface area (Å²) in [5.74, 6) is 0.412. The normalized spacial score (nSPS) is 25.2. The SMILES string of the molecule is FC(F)n1ccnc1CNC1CCN(C2CC2)C1. The van der Waals surface area contributed by atoms with Crippen LogP contribution in [0.15, 0.2) is 12.4 Å². The van der Waals surface area contributed by atoms with E-state index in [-0.39, 0.29) is 0 Å². The van der Waals surface area contributed by atoms with E-state index in [2.05, 4.69) is 15.2 Å². The van der Waals surface area contributed by atoms with E-state index in [9.17, 15) is 8.78 Å². The van der Waals surface area contributed by atoms with E-state index in [1.165, 1.54) is 25.2 Å². The largest absolute Gasteiger partial charge is 0.319 e. The number of imidazole rings is 1. The highest BCUT2D eigenvalue weighted by molar-refractivity contribution is 4.95. The van der Waals surface area contributed by atoms with Crippen LogP contribution in [-0.4, -0.2) is 39.6 Å². The van der Waals surface area contributed by atoms with Crippen LogP contribution in [0.4, 0.5) is 8.78 Å². The molecule has 100 valence electrons. The van der Waals surface area contributed by atoms with Gasteiger partial charge >= 0.3 is 6.55 Å². The number of hydrogen-bond acceptors (Lipinski definition) is 3. The molecule has 1 aliphatic heterocycles. The Morgan fingerprint density at radius 3 is 2.94 bits per heavy atom. The van der Waals surface area contributed by atoms with E-state index < -0.39 is 6.55 Å². The number of rotatable bonds is 5. The van der Waals surface area contributed by atoms with Gasteiger partial charge in [-0.1, -0.05) is 0 Å². The van der Waals surface area contributed by atoms with E-state index in [0.717, 1.165) is 30.1 Å². The molecule has 0 amide bonds. The van der Waals surface area contributed by atoms with Gasteiger partial charge in [-0.05, 0) is 19.3 Å². The van der Waals surface area contributed by atoms with Crippen LogP contribution >= 0.6 is 0 Å². The molecule has 3 rings (SSSR count). The number of alkyl halides is 2. The molecule has 18 heavy (non-hydrogen) atoms. The molecule has 1 unspecified atom stereocenters. The maximum atomic E-state index is 12.6. The first-order valence-electron chi connectivity index (χ1n) is 6.51. The predicted molar refractivity (Wildman–Crippen MR) is 63.3 cm³/mol. The van der Waals surface area contributed by atoms with Gasteiger partial charge in [0.2, 0.25) is 0 Å². The van der Waals surface area contributed by atoms with E-state index in [1.54, 1.807) is 0 Å². The van der Waals surface area contributed by atoms with Crippen molar-refractivity contribution in [1.82, 2.24) is 19.8 Å². The summed E-state index contributed by atoms with van der Waals surface area (Å²) in [4.78, 5) is 6.47. The van der Waals surface area contributed by atoms with Crippen LogP contribution < -0.4 is 5.32 Å². The Morgan fingerprint density at radius 2 is 2.22 bits per heavy atom. The molecule has 2 aliphatic rings. The highest BCUT2D eigenvalue weighted by atomic mass is 19.3. The summed E-state index contributed by atoms with van der Waals surface area (Å²) in [6.45, 7) is 0.0856. The average Bonchev–Trinajstić information content (AvgIpc) is 2.92. The molecule has 1 aliphatic carbocycles. The fourth-order valence-electron chi connectivity index (χ4n) is 2.62. The van der Waals surface area contributed by atoms with Gasteiger partial charge in [0.15, 0.2) is 0 Å². The molecular formula is C12H18F2N4. The number of likely N-dealkylation sites (tertiary alicyclic amines) is 1. The molecule has 1 saturated heterocycles. The van der Waals surface area contributed by atoms with Crippen LogP contribution in [0.3, 0.4) is 0 Å².